The Morgan fingerprint density at radius 2 is 1.67 bits per heavy atom. The number of hydrogen-bond acceptors (Lipinski definition) is 4. The Balaban J connectivity index is 1.49. The summed E-state index contributed by atoms with van der Waals surface area (Å²) in [5.74, 6) is 0.105. The summed E-state index contributed by atoms with van der Waals surface area (Å²) in [6.07, 6.45) is 0. The topological polar surface area (TPSA) is 84.4 Å². The minimum Gasteiger partial charge on any atom is -0.588 e. The van der Waals surface area contributed by atoms with E-state index in [1.54, 1.807) is 30.3 Å². The molecule has 0 spiro atoms. The SMILES string of the molecule is O=[S+]([O-])(Nc1cccc2ccccc12)c1ccc(NCc2ccc(Cl)cc2O)cc1. The van der Waals surface area contributed by atoms with Gasteiger partial charge in [-0.2, -0.15) is 0 Å². The zero-order valence-electron chi connectivity index (χ0n) is 15.8. The van der Waals surface area contributed by atoms with Gasteiger partial charge >= 0.3 is 0 Å². The minimum absolute atomic E-state index is 0.105. The number of nitrogens with one attached hydrogen (secondary N) is 2. The number of fused-ring (bicyclic) bond motifs is 1. The average Bonchev–Trinajstić information content (AvgIpc) is 2.73. The summed E-state index contributed by atoms with van der Waals surface area (Å²) in [5, 5.41) is 15.3. The lowest BCUT2D eigenvalue weighted by Crippen LogP contribution is -2.21. The Hall–Kier alpha value is -3.06. The van der Waals surface area contributed by atoms with Crippen LogP contribution in [0.15, 0.2) is 89.8 Å². The van der Waals surface area contributed by atoms with Crippen molar-refractivity contribution in [1.82, 2.24) is 0 Å². The Kier molecular flexibility index (Phi) is 5.63. The number of anilines is 2. The number of phenolic OH excluding ortho intramolecular Hbond substituents is 1. The first-order valence-electron chi connectivity index (χ1n) is 9.24. The lowest BCUT2D eigenvalue weighted by molar-refractivity contribution is 0.469. The third-order valence-electron chi connectivity index (χ3n) is 4.73. The van der Waals surface area contributed by atoms with Crippen molar-refractivity contribution in [3.8, 4) is 5.75 Å². The van der Waals surface area contributed by atoms with Crippen LogP contribution in [0.2, 0.25) is 5.02 Å². The predicted octanol–water partition coefficient (Wildman–Crippen LogP) is 5.83. The van der Waals surface area contributed by atoms with Gasteiger partial charge in [-0.3, -0.25) is 0 Å². The molecule has 0 radical (unpaired) electrons. The van der Waals surface area contributed by atoms with Crippen LogP contribution in [-0.4, -0.2) is 9.66 Å². The number of phenols is 1. The predicted molar refractivity (Wildman–Crippen MR) is 122 cm³/mol. The standard InChI is InChI=1S/C23H19ClN2O3S/c24-18-9-8-17(23(27)14-18)15-25-19-10-12-20(13-11-19)30(28,29)26-22-7-3-5-16-4-1-2-6-21(16)22/h1-14H,15H2,(H3-,25,26,27,28,29). The number of aromatic hydroxyl groups is 1. The van der Waals surface area contributed by atoms with Gasteiger partial charge in [-0.25, -0.2) is 4.72 Å². The van der Waals surface area contributed by atoms with Crippen LogP contribution < -0.4 is 10.0 Å². The molecule has 1 atom stereocenters. The molecule has 0 aliphatic heterocycles. The average molecular weight is 439 g/mol. The fourth-order valence-electron chi connectivity index (χ4n) is 3.15. The molecule has 5 nitrogen and oxygen atoms in total. The number of sulfonamides is 1. The zero-order valence-corrected chi connectivity index (χ0v) is 17.4. The van der Waals surface area contributed by atoms with E-state index in [0.717, 1.165) is 16.5 Å². The number of halogens is 1. The molecule has 152 valence electrons. The van der Waals surface area contributed by atoms with E-state index in [1.165, 1.54) is 18.2 Å². The van der Waals surface area contributed by atoms with Crippen LogP contribution in [0.4, 0.5) is 11.4 Å². The summed E-state index contributed by atoms with van der Waals surface area (Å²) in [6.45, 7) is 0.378. The van der Waals surface area contributed by atoms with E-state index in [4.69, 9.17) is 11.6 Å². The maximum Gasteiger partial charge on any atom is 0.180 e. The second kappa shape index (κ2) is 8.36. The first kappa shape index (κ1) is 20.2. The Bertz CT molecular complexity index is 1240. The van der Waals surface area contributed by atoms with Crippen molar-refractivity contribution < 1.29 is 13.9 Å². The molecule has 0 aromatic heterocycles. The molecular weight excluding hydrogens is 420 g/mol. The highest BCUT2D eigenvalue weighted by molar-refractivity contribution is 7.99. The Morgan fingerprint density at radius 3 is 2.43 bits per heavy atom. The van der Waals surface area contributed by atoms with Crippen molar-refractivity contribution in [3.05, 3.63) is 95.5 Å². The van der Waals surface area contributed by atoms with Gasteiger partial charge in [0.05, 0.1) is 5.69 Å². The molecular formula is C23H19ClN2O3S. The monoisotopic (exact) mass is 438 g/mol. The normalized spacial score (nSPS) is 13.0. The van der Waals surface area contributed by atoms with Gasteiger partial charge < -0.3 is 15.0 Å². The van der Waals surface area contributed by atoms with Gasteiger partial charge in [0, 0.05) is 28.2 Å². The van der Waals surface area contributed by atoms with Gasteiger partial charge in [0.1, 0.15) is 5.75 Å². The number of rotatable bonds is 6. The quantitative estimate of drug-likeness (QED) is 0.331. The van der Waals surface area contributed by atoms with E-state index in [9.17, 15) is 13.9 Å². The van der Waals surface area contributed by atoms with E-state index in [-0.39, 0.29) is 10.6 Å². The van der Waals surface area contributed by atoms with E-state index in [1.807, 2.05) is 36.4 Å². The van der Waals surface area contributed by atoms with Crippen molar-refractivity contribution >= 4 is 44.1 Å². The smallest absolute Gasteiger partial charge is 0.180 e. The molecule has 4 rings (SSSR count). The van der Waals surface area contributed by atoms with Crippen molar-refractivity contribution in [2.24, 2.45) is 0 Å². The molecule has 0 aliphatic carbocycles. The molecule has 0 bridgehead atoms. The largest absolute Gasteiger partial charge is 0.588 e. The lowest BCUT2D eigenvalue weighted by Gasteiger charge is -2.17. The number of hydrogen-bond donors (Lipinski definition) is 3. The fourth-order valence-corrected chi connectivity index (χ4v) is 4.40. The van der Waals surface area contributed by atoms with Crippen LogP contribution in [0, 0.1) is 0 Å². The van der Waals surface area contributed by atoms with Crippen molar-refractivity contribution in [2.75, 3.05) is 10.0 Å². The van der Waals surface area contributed by atoms with Crippen molar-refractivity contribution in [2.45, 2.75) is 11.4 Å². The minimum atomic E-state index is -3.73. The lowest BCUT2D eigenvalue weighted by atomic mass is 10.1. The third-order valence-corrected chi connectivity index (χ3v) is 6.35. The molecule has 0 heterocycles. The van der Waals surface area contributed by atoms with Gasteiger partial charge in [-0.1, -0.05) is 58.3 Å². The Morgan fingerprint density at radius 1 is 0.933 bits per heavy atom. The fraction of sp³-hybridized carbons (Fsp3) is 0.0435. The molecule has 7 heteroatoms. The molecule has 4 aromatic rings. The van der Waals surface area contributed by atoms with Gasteiger partial charge in [-0.05, 0) is 47.9 Å². The highest BCUT2D eigenvalue weighted by atomic mass is 35.5. The molecule has 0 saturated carbocycles. The first-order valence-corrected chi connectivity index (χ1v) is 11.1. The molecule has 0 aliphatic rings. The molecule has 0 fully saturated rings. The molecule has 0 amide bonds. The summed E-state index contributed by atoms with van der Waals surface area (Å²) >= 11 is 5.84. The highest BCUT2D eigenvalue weighted by Gasteiger charge is 2.21. The summed E-state index contributed by atoms with van der Waals surface area (Å²) in [6, 6.07) is 24.5. The summed E-state index contributed by atoms with van der Waals surface area (Å²) in [4.78, 5) is 0.162. The second-order valence-electron chi connectivity index (χ2n) is 6.78. The molecule has 30 heavy (non-hydrogen) atoms. The maximum atomic E-state index is 12.8. The van der Waals surface area contributed by atoms with Crippen LogP contribution in [0.5, 0.6) is 5.75 Å². The van der Waals surface area contributed by atoms with Gasteiger partial charge in [-0.15, -0.1) is 0 Å². The first-order chi connectivity index (χ1) is 14.4. The van der Waals surface area contributed by atoms with Crippen LogP contribution in [0.25, 0.3) is 10.8 Å². The third kappa shape index (κ3) is 4.41. The second-order valence-corrected chi connectivity index (χ2v) is 8.90. The van der Waals surface area contributed by atoms with Crippen molar-refractivity contribution in [1.29, 1.82) is 0 Å². The van der Waals surface area contributed by atoms with Gasteiger partial charge in [0.25, 0.3) is 0 Å². The maximum absolute atomic E-state index is 12.8. The van der Waals surface area contributed by atoms with Crippen LogP contribution in [-0.2, 0) is 21.2 Å². The summed E-state index contributed by atoms with van der Waals surface area (Å²) in [5.41, 5.74) is 1.95. The molecule has 4 aromatic carbocycles. The van der Waals surface area contributed by atoms with E-state index in [0.29, 0.717) is 22.8 Å². The Labute approximate surface area is 180 Å². The molecule has 0 saturated heterocycles. The molecule has 3 N–H and O–H groups in total. The van der Waals surface area contributed by atoms with Crippen LogP contribution in [0.3, 0.4) is 0 Å². The van der Waals surface area contributed by atoms with E-state index >= 15 is 0 Å². The van der Waals surface area contributed by atoms with Gasteiger partial charge in [0.15, 0.2) is 15.3 Å². The van der Waals surface area contributed by atoms with Crippen LogP contribution in [0.1, 0.15) is 5.56 Å². The van der Waals surface area contributed by atoms with Crippen LogP contribution >= 0.6 is 11.6 Å². The molecule has 1 unspecified atom stereocenters. The number of benzene rings is 4. The highest BCUT2D eigenvalue weighted by Crippen LogP contribution is 2.28. The van der Waals surface area contributed by atoms with Crippen molar-refractivity contribution in [3.63, 3.8) is 0 Å². The van der Waals surface area contributed by atoms with Gasteiger partial charge in [0.2, 0.25) is 0 Å². The zero-order chi connectivity index (χ0) is 21.1. The van der Waals surface area contributed by atoms with E-state index in [2.05, 4.69) is 10.0 Å². The van der Waals surface area contributed by atoms with E-state index < -0.39 is 10.4 Å². The summed E-state index contributed by atoms with van der Waals surface area (Å²) < 4.78 is 28.3. The summed E-state index contributed by atoms with van der Waals surface area (Å²) in [7, 11) is -3.73.